The van der Waals surface area contributed by atoms with Gasteiger partial charge < -0.3 is 0 Å². The molecule has 14 heavy (non-hydrogen) atoms. The van der Waals surface area contributed by atoms with Gasteiger partial charge in [-0.3, -0.25) is 0 Å². The monoisotopic (exact) mass is 216 g/mol. The van der Waals surface area contributed by atoms with Crippen molar-refractivity contribution in [3.05, 3.63) is 0 Å². The predicted molar refractivity (Wildman–Crippen MR) is 53.9 cm³/mol. The van der Waals surface area contributed by atoms with Crippen LogP contribution in [0.15, 0.2) is 0 Å². The van der Waals surface area contributed by atoms with E-state index in [0.717, 1.165) is 12.8 Å². The molecule has 1 fully saturated rings. The van der Waals surface area contributed by atoms with E-state index in [2.05, 4.69) is 10.8 Å². The summed E-state index contributed by atoms with van der Waals surface area (Å²) in [5, 5.41) is 8.70. The number of rotatable bonds is 5. The zero-order chi connectivity index (χ0) is 10.8. The van der Waals surface area contributed by atoms with E-state index in [1.54, 1.807) is 13.8 Å². The minimum Gasteiger partial charge on any atom is -0.214 e. The Kier molecular flexibility index (Phi) is 3.17. The highest BCUT2D eigenvalue weighted by Crippen LogP contribution is 2.30. The van der Waals surface area contributed by atoms with E-state index >= 15 is 0 Å². The maximum atomic E-state index is 11.4. The number of sulfonamides is 1. The van der Waals surface area contributed by atoms with Crippen LogP contribution in [-0.4, -0.2) is 20.7 Å². The summed E-state index contributed by atoms with van der Waals surface area (Å²) in [5.74, 6) is 0.562. The smallest absolute Gasteiger partial charge is 0.211 e. The Hall–Kier alpha value is -0.600. The Morgan fingerprint density at radius 2 is 2.07 bits per heavy atom. The first kappa shape index (κ1) is 11.5. The Labute approximate surface area is 85.4 Å². The molecular weight excluding hydrogens is 200 g/mol. The van der Waals surface area contributed by atoms with E-state index in [9.17, 15) is 8.42 Å². The van der Waals surface area contributed by atoms with E-state index < -0.39 is 15.4 Å². The van der Waals surface area contributed by atoms with Crippen LogP contribution in [0.2, 0.25) is 0 Å². The van der Waals surface area contributed by atoms with E-state index in [-0.39, 0.29) is 12.3 Å². The molecule has 4 nitrogen and oxygen atoms in total. The van der Waals surface area contributed by atoms with Gasteiger partial charge in [-0.15, -0.1) is 0 Å². The lowest BCUT2D eigenvalue weighted by atomic mass is 9.97. The molecule has 5 heteroatoms. The van der Waals surface area contributed by atoms with Crippen LogP contribution in [-0.2, 0) is 10.0 Å². The molecular formula is C9H16N2O2S. The number of nitriles is 1. The van der Waals surface area contributed by atoms with Gasteiger partial charge in [-0.25, -0.2) is 13.1 Å². The molecule has 0 aromatic carbocycles. The topological polar surface area (TPSA) is 70.0 Å². The maximum absolute atomic E-state index is 11.4. The van der Waals surface area contributed by atoms with Crippen LogP contribution < -0.4 is 4.72 Å². The lowest BCUT2D eigenvalue weighted by Crippen LogP contribution is -2.35. The van der Waals surface area contributed by atoms with Gasteiger partial charge in [0.15, 0.2) is 0 Å². The minimum atomic E-state index is -3.16. The summed E-state index contributed by atoms with van der Waals surface area (Å²) >= 11 is 0. The fourth-order valence-corrected chi connectivity index (χ4v) is 2.64. The van der Waals surface area contributed by atoms with Crippen molar-refractivity contribution in [3.63, 3.8) is 0 Å². The molecule has 80 valence electrons. The summed E-state index contributed by atoms with van der Waals surface area (Å²) in [4.78, 5) is 0. The molecule has 0 aromatic rings. The van der Waals surface area contributed by atoms with Gasteiger partial charge in [0.2, 0.25) is 10.0 Å². The highest BCUT2D eigenvalue weighted by atomic mass is 32.2. The summed E-state index contributed by atoms with van der Waals surface area (Å²) in [5.41, 5.74) is -0.628. The Balaban J connectivity index is 2.40. The molecule has 0 heterocycles. The van der Waals surface area contributed by atoms with Crippen molar-refractivity contribution < 1.29 is 8.42 Å². The Bertz CT molecular complexity index is 336. The number of hydrogen-bond donors (Lipinski definition) is 1. The molecule has 0 amide bonds. The second kappa shape index (κ2) is 3.87. The van der Waals surface area contributed by atoms with Gasteiger partial charge in [0, 0.05) is 6.54 Å². The highest BCUT2D eigenvalue weighted by Gasteiger charge is 2.29. The Morgan fingerprint density at radius 1 is 1.50 bits per heavy atom. The molecule has 0 aromatic heterocycles. The molecule has 0 saturated heterocycles. The maximum Gasteiger partial charge on any atom is 0.211 e. The van der Waals surface area contributed by atoms with Gasteiger partial charge in [-0.2, -0.15) is 5.26 Å². The second-order valence-electron chi connectivity index (χ2n) is 4.54. The molecule has 1 aliphatic rings. The minimum absolute atomic E-state index is 0.193. The summed E-state index contributed by atoms with van der Waals surface area (Å²) in [6.07, 6.45) is 2.03. The van der Waals surface area contributed by atoms with Gasteiger partial charge in [0.05, 0.1) is 17.2 Å². The third-order valence-corrected chi connectivity index (χ3v) is 3.68. The largest absolute Gasteiger partial charge is 0.214 e. The quantitative estimate of drug-likeness (QED) is 0.741. The molecule has 1 N–H and O–H groups in total. The van der Waals surface area contributed by atoms with Crippen LogP contribution in [0.1, 0.15) is 26.7 Å². The summed E-state index contributed by atoms with van der Waals surface area (Å²) in [7, 11) is -3.16. The normalized spacial score (nSPS) is 17.8. The summed E-state index contributed by atoms with van der Waals surface area (Å²) in [6.45, 7) is 3.62. The molecule has 0 spiro atoms. The van der Waals surface area contributed by atoms with Gasteiger partial charge >= 0.3 is 0 Å². The fourth-order valence-electron chi connectivity index (χ4n) is 0.984. The zero-order valence-corrected chi connectivity index (χ0v) is 9.39. The third-order valence-electron chi connectivity index (χ3n) is 2.19. The lowest BCUT2D eigenvalue weighted by Gasteiger charge is -2.15. The number of hydrogen-bond acceptors (Lipinski definition) is 3. The molecule has 1 rings (SSSR count). The van der Waals surface area contributed by atoms with Gasteiger partial charge in [-0.1, -0.05) is 0 Å². The van der Waals surface area contributed by atoms with Crippen LogP contribution in [0.4, 0.5) is 0 Å². The van der Waals surface area contributed by atoms with Crippen molar-refractivity contribution in [2.24, 2.45) is 11.3 Å². The summed E-state index contributed by atoms with van der Waals surface area (Å²) in [6, 6.07) is 2.06. The molecule has 1 saturated carbocycles. The first-order valence-corrected chi connectivity index (χ1v) is 6.38. The van der Waals surface area contributed by atoms with Crippen molar-refractivity contribution in [2.75, 3.05) is 12.3 Å². The number of nitrogens with zero attached hydrogens (tertiary/aromatic N) is 1. The molecule has 0 aliphatic heterocycles. The summed E-state index contributed by atoms with van der Waals surface area (Å²) < 4.78 is 25.3. The van der Waals surface area contributed by atoms with Crippen LogP contribution in [0, 0.1) is 22.7 Å². The van der Waals surface area contributed by atoms with Crippen LogP contribution in [0.25, 0.3) is 0 Å². The van der Waals surface area contributed by atoms with Crippen molar-refractivity contribution in [1.82, 2.24) is 4.72 Å². The van der Waals surface area contributed by atoms with Crippen LogP contribution in [0.5, 0.6) is 0 Å². The standard InChI is InChI=1S/C9H16N2O2S/c1-9(2,6-10)7-11-14(12,13)5-8-3-4-8/h8,11H,3-5,7H2,1-2H3. The van der Waals surface area contributed by atoms with Crippen molar-refractivity contribution in [1.29, 1.82) is 5.26 Å². The SMILES string of the molecule is CC(C)(C#N)CNS(=O)(=O)CC1CC1. The lowest BCUT2D eigenvalue weighted by molar-refractivity contribution is 0.478. The van der Waals surface area contributed by atoms with Crippen molar-refractivity contribution in [2.45, 2.75) is 26.7 Å². The van der Waals surface area contributed by atoms with Crippen molar-refractivity contribution in [3.8, 4) is 6.07 Å². The van der Waals surface area contributed by atoms with E-state index in [1.165, 1.54) is 0 Å². The van der Waals surface area contributed by atoms with Gasteiger partial charge in [0.25, 0.3) is 0 Å². The number of nitrogens with one attached hydrogen (secondary N) is 1. The van der Waals surface area contributed by atoms with E-state index in [1.807, 2.05) is 0 Å². The molecule has 1 aliphatic carbocycles. The van der Waals surface area contributed by atoms with E-state index in [0.29, 0.717) is 5.92 Å². The molecule has 0 atom stereocenters. The van der Waals surface area contributed by atoms with E-state index in [4.69, 9.17) is 5.26 Å². The molecule has 0 bridgehead atoms. The second-order valence-corrected chi connectivity index (χ2v) is 6.39. The first-order chi connectivity index (χ1) is 6.35. The molecule has 0 radical (unpaired) electrons. The van der Waals surface area contributed by atoms with Crippen LogP contribution >= 0.6 is 0 Å². The third kappa shape index (κ3) is 4.07. The predicted octanol–water partition coefficient (Wildman–Crippen LogP) is 0.866. The average Bonchev–Trinajstić information content (AvgIpc) is 2.85. The molecule has 0 unspecified atom stereocenters. The van der Waals surface area contributed by atoms with Gasteiger partial charge in [0.1, 0.15) is 0 Å². The van der Waals surface area contributed by atoms with Crippen LogP contribution in [0.3, 0.4) is 0 Å². The average molecular weight is 216 g/mol. The van der Waals surface area contributed by atoms with Crippen molar-refractivity contribution >= 4 is 10.0 Å². The Morgan fingerprint density at radius 3 is 2.50 bits per heavy atom. The van der Waals surface area contributed by atoms with Gasteiger partial charge in [-0.05, 0) is 32.6 Å². The first-order valence-electron chi connectivity index (χ1n) is 4.73. The fraction of sp³-hybridized carbons (Fsp3) is 0.889. The zero-order valence-electron chi connectivity index (χ0n) is 8.58. The highest BCUT2D eigenvalue weighted by molar-refractivity contribution is 7.89.